The fourth-order valence-electron chi connectivity index (χ4n) is 2.17. The van der Waals surface area contributed by atoms with Gasteiger partial charge in [-0.3, -0.25) is 9.48 Å². The van der Waals surface area contributed by atoms with Crippen LogP contribution < -0.4 is 0 Å². The molecule has 0 radical (unpaired) electrons. The highest BCUT2D eigenvalue weighted by atomic mass is 32.2. The first kappa shape index (κ1) is 14.2. The first-order valence-corrected chi connectivity index (χ1v) is 6.88. The lowest BCUT2D eigenvalue weighted by Gasteiger charge is -2.13. The maximum absolute atomic E-state index is 12.7. The van der Waals surface area contributed by atoms with Crippen LogP contribution in [0, 0.1) is 0 Å². The Morgan fingerprint density at radius 2 is 2.11 bits per heavy atom. The van der Waals surface area contributed by atoms with E-state index in [4.69, 9.17) is 5.11 Å². The lowest BCUT2D eigenvalue weighted by Crippen LogP contribution is -2.11. The largest absolute Gasteiger partial charge is 0.481 e. The first-order valence-electron chi connectivity index (χ1n) is 5.89. The number of carboxylic acid groups (broad SMARTS) is 1. The van der Waals surface area contributed by atoms with Gasteiger partial charge in [-0.15, -0.1) is 0 Å². The molecule has 1 aromatic rings. The summed E-state index contributed by atoms with van der Waals surface area (Å²) in [6.45, 7) is 0. The number of rotatable bonds is 4. The second-order valence-corrected chi connectivity index (χ2v) is 5.43. The van der Waals surface area contributed by atoms with Gasteiger partial charge in [0.15, 0.2) is 5.69 Å². The summed E-state index contributed by atoms with van der Waals surface area (Å²) in [5.41, 5.74) is -0.952. The van der Waals surface area contributed by atoms with Crippen molar-refractivity contribution in [2.45, 2.75) is 42.9 Å². The van der Waals surface area contributed by atoms with E-state index in [1.165, 1.54) is 4.68 Å². The molecule has 19 heavy (non-hydrogen) atoms. The van der Waals surface area contributed by atoms with Gasteiger partial charge in [-0.25, -0.2) is 0 Å². The third-order valence-corrected chi connectivity index (χ3v) is 4.00. The Bertz CT molecular complexity index is 467. The highest BCUT2D eigenvalue weighted by Crippen LogP contribution is 2.37. The fourth-order valence-corrected chi connectivity index (χ4v) is 2.96. The molecule has 0 saturated heterocycles. The molecular weight excluding hydrogens is 281 g/mol. The second kappa shape index (κ2) is 5.44. The second-order valence-electron chi connectivity index (χ2n) is 4.43. The number of hydrogen-bond donors (Lipinski definition) is 1. The van der Waals surface area contributed by atoms with Gasteiger partial charge in [-0.2, -0.15) is 18.3 Å². The quantitative estimate of drug-likeness (QED) is 0.866. The lowest BCUT2D eigenvalue weighted by molar-refractivity contribution is -0.141. The van der Waals surface area contributed by atoms with E-state index in [1.807, 2.05) is 0 Å². The fraction of sp³-hybridized carbons (Fsp3) is 0.636. The molecular formula is C11H13F3N2O2S. The zero-order valence-electron chi connectivity index (χ0n) is 9.98. The molecule has 0 spiro atoms. The Hall–Kier alpha value is -1.18. The van der Waals surface area contributed by atoms with Crippen molar-refractivity contribution in [2.24, 2.45) is 0 Å². The van der Waals surface area contributed by atoms with Gasteiger partial charge in [0.2, 0.25) is 0 Å². The SMILES string of the molecule is O=C(O)CSc1cc(C(F)(F)F)nn1C1CCCC1. The van der Waals surface area contributed by atoms with Gasteiger partial charge >= 0.3 is 12.1 Å². The summed E-state index contributed by atoms with van der Waals surface area (Å²) in [6, 6.07) is 0.888. The summed E-state index contributed by atoms with van der Waals surface area (Å²) in [5, 5.41) is 12.5. The predicted molar refractivity (Wildman–Crippen MR) is 63.1 cm³/mol. The van der Waals surface area contributed by atoms with E-state index in [-0.39, 0.29) is 16.8 Å². The van der Waals surface area contributed by atoms with Gasteiger partial charge in [0.05, 0.1) is 16.8 Å². The summed E-state index contributed by atoms with van der Waals surface area (Å²) in [5.74, 6) is -1.33. The monoisotopic (exact) mass is 294 g/mol. The molecule has 1 aliphatic carbocycles. The minimum atomic E-state index is -4.50. The molecule has 1 fully saturated rings. The molecule has 8 heteroatoms. The van der Waals surface area contributed by atoms with Crippen LogP contribution >= 0.6 is 11.8 Å². The third kappa shape index (κ3) is 3.43. The van der Waals surface area contributed by atoms with Crippen molar-refractivity contribution >= 4 is 17.7 Å². The Morgan fingerprint density at radius 3 is 2.63 bits per heavy atom. The molecule has 1 heterocycles. The number of thioether (sulfide) groups is 1. The summed E-state index contributed by atoms with van der Waals surface area (Å²) in [7, 11) is 0. The minimum absolute atomic E-state index is 0.0487. The van der Waals surface area contributed by atoms with E-state index >= 15 is 0 Å². The third-order valence-electron chi connectivity index (χ3n) is 3.01. The Kier molecular flexibility index (Phi) is 4.07. The van der Waals surface area contributed by atoms with Crippen molar-refractivity contribution in [1.29, 1.82) is 0 Å². The van der Waals surface area contributed by atoms with E-state index in [0.717, 1.165) is 43.5 Å². The topological polar surface area (TPSA) is 55.1 Å². The van der Waals surface area contributed by atoms with E-state index in [2.05, 4.69) is 5.10 Å². The maximum atomic E-state index is 12.7. The summed E-state index contributed by atoms with van der Waals surface area (Å²) < 4.78 is 39.3. The molecule has 4 nitrogen and oxygen atoms in total. The first-order chi connectivity index (χ1) is 8.88. The van der Waals surface area contributed by atoms with E-state index in [9.17, 15) is 18.0 Å². The average Bonchev–Trinajstić information content (AvgIpc) is 2.94. The van der Waals surface area contributed by atoms with Crippen LogP contribution in [0.2, 0.25) is 0 Å². The minimum Gasteiger partial charge on any atom is -0.481 e. The van der Waals surface area contributed by atoms with E-state index < -0.39 is 17.8 Å². The van der Waals surface area contributed by atoms with Crippen LogP contribution in [-0.2, 0) is 11.0 Å². The Balaban J connectivity index is 2.26. The smallest absolute Gasteiger partial charge is 0.435 e. The summed E-state index contributed by atoms with van der Waals surface area (Å²) in [4.78, 5) is 10.5. The normalized spacial score (nSPS) is 17.0. The van der Waals surface area contributed by atoms with Crippen molar-refractivity contribution in [3.05, 3.63) is 11.8 Å². The van der Waals surface area contributed by atoms with Crippen LogP contribution in [0.5, 0.6) is 0 Å². The Labute approximate surface area is 112 Å². The van der Waals surface area contributed by atoms with Gasteiger partial charge in [-0.1, -0.05) is 24.6 Å². The van der Waals surface area contributed by atoms with Gasteiger partial charge in [0, 0.05) is 6.07 Å². The van der Waals surface area contributed by atoms with Gasteiger partial charge < -0.3 is 5.11 Å². The molecule has 1 saturated carbocycles. The molecule has 1 aromatic heterocycles. The van der Waals surface area contributed by atoms with Crippen LogP contribution in [0.3, 0.4) is 0 Å². The number of carboxylic acids is 1. The highest BCUT2D eigenvalue weighted by molar-refractivity contribution is 7.99. The number of halogens is 3. The summed E-state index contributed by atoms with van der Waals surface area (Å²) in [6.07, 6.45) is -0.981. The number of carbonyl (C=O) groups is 1. The summed E-state index contributed by atoms with van der Waals surface area (Å²) >= 11 is 0.880. The zero-order chi connectivity index (χ0) is 14.0. The molecule has 0 bridgehead atoms. The molecule has 0 aromatic carbocycles. The highest BCUT2D eigenvalue weighted by Gasteiger charge is 2.36. The average molecular weight is 294 g/mol. The molecule has 1 N–H and O–H groups in total. The number of nitrogens with zero attached hydrogens (tertiary/aromatic N) is 2. The van der Waals surface area contributed by atoms with Crippen molar-refractivity contribution in [3.8, 4) is 0 Å². The van der Waals surface area contributed by atoms with Crippen LogP contribution in [0.25, 0.3) is 0 Å². The van der Waals surface area contributed by atoms with E-state index in [1.54, 1.807) is 0 Å². The van der Waals surface area contributed by atoms with Crippen LogP contribution in [0.1, 0.15) is 37.4 Å². The number of aromatic nitrogens is 2. The van der Waals surface area contributed by atoms with Crippen LogP contribution in [0.15, 0.2) is 11.1 Å². The molecule has 0 atom stereocenters. The standard InChI is InChI=1S/C11H13F3N2O2S/c12-11(13,14)8-5-9(19-6-10(17)18)16(15-8)7-3-1-2-4-7/h5,7H,1-4,6H2,(H,17,18). The Morgan fingerprint density at radius 1 is 1.47 bits per heavy atom. The molecule has 0 amide bonds. The van der Waals surface area contributed by atoms with Crippen molar-refractivity contribution in [2.75, 3.05) is 5.75 Å². The van der Waals surface area contributed by atoms with Gasteiger partial charge in [0.1, 0.15) is 0 Å². The van der Waals surface area contributed by atoms with Crippen LogP contribution in [-0.4, -0.2) is 26.6 Å². The van der Waals surface area contributed by atoms with Gasteiger partial charge in [-0.05, 0) is 12.8 Å². The molecule has 0 aliphatic heterocycles. The lowest BCUT2D eigenvalue weighted by atomic mass is 10.3. The van der Waals surface area contributed by atoms with Gasteiger partial charge in [0.25, 0.3) is 0 Å². The molecule has 0 unspecified atom stereocenters. The zero-order valence-corrected chi connectivity index (χ0v) is 10.8. The number of hydrogen-bond acceptors (Lipinski definition) is 3. The molecule has 106 valence electrons. The maximum Gasteiger partial charge on any atom is 0.435 e. The predicted octanol–water partition coefficient (Wildman–Crippen LogP) is 3.19. The van der Waals surface area contributed by atoms with Crippen LogP contribution in [0.4, 0.5) is 13.2 Å². The number of aliphatic carboxylic acids is 1. The van der Waals surface area contributed by atoms with E-state index in [0.29, 0.717) is 0 Å². The van der Waals surface area contributed by atoms with Crippen molar-refractivity contribution < 1.29 is 23.1 Å². The molecule has 1 aliphatic rings. The van der Waals surface area contributed by atoms with Crippen molar-refractivity contribution in [1.82, 2.24) is 9.78 Å². The van der Waals surface area contributed by atoms with Crippen molar-refractivity contribution in [3.63, 3.8) is 0 Å². The molecule has 2 rings (SSSR count). The number of alkyl halides is 3.